The maximum absolute atomic E-state index is 11.9. The summed E-state index contributed by atoms with van der Waals surface area (Å²) in [6, 6.07) is 3.69. The van der Waals surface area contributed by atoms with Gasteiger partial charge in [0.05, 0.1) is 5.25 Å². The van der Waals surface area contributed by atoms with Crippen LogP contribution >= 0.6 is 11.6 Å². The third-order valence-corrected chi connectivity index (χ3v) is 5.67. The van der Waals surface area contributed by atoms with Crippen molar-refractivity contribution in [2.45, 2.75) is 45.4 Å². The van der Waals surface area contributed by atoms with Crippen molar-refractivity contribution in [1.29, 1.82) is 0 Å². The molecule has 0 aliphatic carbocycles. The zero-order valence-electron chi connectivity index (χ0n) is 12.8. The molecule has 1 aromatic carbocycles. The highest BCUT2D eigenvalue weighted by molar-refractivity contribution is 7.91. The van der Waals surface area contributed by atoms with Gasteiger partial charge in [-0.2, -0.15) is 0 Å². The molecule has 114 valence electrons. The van der Waals surface area contributed by atoms with Gasteiger partial charge in [0.2, 0.25) is 0 Å². The van der Waals surface area contributed by atoms with Crippen LogP contribution < -0.4 is 5.32 Å². The van der Waals surface area contributed by atoms with E-state index in [1.807, 2.05) is 26.0 Å². The van der Waals surface area contributed by atoms with Crippen molar-refractivity contribution in [2.24, 2.45) is 0 Å². The topological polar surface area (TPSA) is 46.2 Å². The fraction of sp³-hybridized carbons (Fsp3) is 0.600. The third kappa shape index (κ3) is 4.21. The Hall–Kier alpha value is -0.580. The molecule has 0 radical (unpaired) electrons. The van der Waals surface area contributed by atoms with Crippen molar-refractivity contribution in [3.63, 3.8) is 0 Å². The van der Waals surface area contributed by atoms with E-state index in [0.717, 1.165) is 29.7 Å². The summed E-state index contributed by atoms with van der Waals surface area (Å²) in [5.74, 6) is 0. The molecule has 0 aliphatic heterocycles. The van der Waals surface area contributed by atoms with Crippen LogP contribution in [0.25, 0.3) is 0 Å². The van der Waals surface area contributed by atoms with Crippen molar-refractivity contribution in [2.75, 3.05) is 12.8 Å². The lowest BCUT2D eigenvalue weighted by Crippen LogP contribution is -2.36. The summed E-state index contributed by atoms with van der Waals surface area (Å²) in [4.78, 5) is 0. The average molecular weight is 318 g/mol. The first-order valence-corrected chi connectivity index (χ1v) is 9.20. The second-order valence-corrected chi connectivity index (χ2v) is 8.23. The lowest BCUT2D eigenvalue weighted by molar-refractivity contribution is 0.498. The predicted molar refractivity (Wildman–Crippen MR) is 86.3 cm³/mol. The van der Waals surface area contributed by atoms with E-state index in [1.165, 1.54) is 6.26 Å². The molecule has 5 heteroatoms. The number of nitrogens with one attached hydrogen (secondary N) is 1. The van der Waals surface area contributed by atoms with Crippen LogP contribution in [-0.4, -0.2) is 26.5 Å². The molecule has 0 spiro atoms. The molecule has 0 saturated heterocycles. The van der Waals surface area contributed by atoms with Gasteiger partial charge in [-0.1, -0.05) is 24.6 Å². The monoisotopic (exact) mass is 317 g/mol. The normalized spacial score (nSPS) is 15.1. The number of sulfone groups is 1. The highest BCUT2D eigenvalue weighted by Gasteiger charge is 2.28. The fourth-order valence-corrected chi connectivity index (χ4v) is 3.17. The Bertz CT molecular complexity index is 569. The number of aryl methyl sites for hydroxylation is 2. The summed E-state index contributed by atoms with van der Waals surface area (Å²) < 4.78 is 23.8. The Morgan fingerprint density at radius 3 is 2.35 bits per heavy atom. The van der Waals surface area contributed by atoms with Crippen LogP contribution in [0, 0.1) is 13.8 Å². The Balaban J connectivity index is 3.27. The van der Waals surface area contributed by atoms with E-state index in [-0.39, 0.29) is 6.04 Å². The molecule has 0 fully saturated rings. The molecular formula is C15H24ClNO2S. The Morgan fingerprint density at radius 1 is 1.25 bits per heavy atom. The molecule has 1 rings (SSSR count). The van der Waals surface area contributed by atoms with Crippen LogP contribution in [0.2, 0.25) is 5.02 Å². The highest BCUT2D eigenvalue weighted by Crippen LogP contribution is 2.29. The van der Waals surface area contributed by atoms with E-state index < -0.39 is 15.1 Å². The highest BCUT2D eigenvalue weighted by atomic mass is 35.5. The lowest BCUT2D eigenvalue weighted by Gasteiger charge is -2.26. The number of hydrogen-bond donors (Lipinski definition) is 1. The van der Waals surface area contributed by atoms with E-state index in [0.29, 0.717) is 5.02 Å². The molecule has 1 N–H and O–H groups in total. The third-order valence-electron chi connectivity index (χ3n) is 3.64. The van der Waals surface area contributed by atoms with E-state index in [9.17, 15) is 8.42 Å². The molecule has 3 nitrogen and oxygen atoms in total. The van der Waals surface area contributed by atoms with Crippen molar-refractivity contribution in [1.82, 2.24) is 5.32 Å². The quantitative estimate of drug-likeness (QED) is 0.874. The number of benzene rings is 1. The standard InChI is InChI=1S/C15H24ClNO2S/c1-6-7-17-15(12(4)20(5,18)19)13-8-11(3)14(16)9-10(13)2/h8-9,12,15,17H,6-7H2,1-5H3. The molecule has 0 saturated carbocycles. The van der Waals surface area contributed by atoms with Crippen molar-refractivity contribution >= 4 is 21.4 Å². The summed E-state index contributed by atoms with van der Waals surface area (Å²) in [5, 5.41) is 3.59. The molecule has 2 atom stereocenters. The second-order valence-electron chi connectivity index (χ2n) is 5.42. The zero-order valence-corrected chi connectivity index (χ0v) is 14.4. The van der Waals surface area contributed by atoms with Gasteiger partial charge < -0.3 is 5.32 Å². The van der Waals surface area contributed by atoms with Crippen LogP contribution in [0.1, 0.15) is 43.0 Å². The molecule has 0 amide bonds. The average Bonchev–Trinajstić information content (AvgIpc) is 2.34. The van der Waals surface area contributed by atoms with Gasteiger partial charge in [-0.15, -0.1) is 0 Å². The number of hydrogen-bond acceptors (Lipinski definition) is 3. The van der Waals surface area contributed by atoms with Crippen LogP contribution in [0.4, 0.5) is 0 Å². The Labute approximate surface area is 127 Å². The largest absolute Gasteiger partial charge is 0.309 e. The van der Waals surface area contributed by atoms with Crippen LogP contribution in [0.15, 0.2) is 12.1 Å². The summed E-state index contributed by atoms with van der Waals surface area (Å²) in [5.41, 5.74) is 3.00. The number of rotatable bonds is 6. The minimum absolute atomic E-state index is 0.207. The molecule has 2 unspecified atom stereocenters. The SMILES string of the molecule is CCCNC(c1cc(C)c(Cl)cc1C)C(C)S(C)(=O)=O. The van der Waals surface area contributed by atoms with Crippen molar-refractivity contribution in [3.8, 4) is 0 Å². The zero-order chi connectivity index (χ0) is 15.5. The smallest absolute Gasteiger partial charge is 0.151 e. The van der Waals surface area contributed by atoms with E-state index in [4.69, 9.17) is 11.6 Å². The van der Waals surface area contributed by atoms with Gasteiger partial charge in [0, 0.05) is 17.3 Å². The molecule has 0 aromatic heterocycles. The van der Waals surface area contributed by atoms with E-state index in [1.54, 1.807) is 6.92 Å². The van der Waals surface area contributed by atoms with Gasteiger partial charge in [0.15, 0.2) is 9.84 Å². The van der Waals surface area contributed by atoms with Crippen LogP contribution in [0.3, 0.4) is 0 Å². The second kappa shape index (κ2) is 6.92. The first-order valence-electron chi connectivity index (χ1n) is 6.87. The Morgan fingerprint density at radius 2 is 1.85 bits per heavy atom. The van der Waals surface area contributed by atoms with Gasteiger partial charge in [-0.05, 0) is 56.5 Å². The predicted octanol–water partition coefficient (Wildman–Crippen LogP) is 3.43. The summed E-state index contributed by atoms with van der Waals surface area (Å²) in [6.07, 6.45) is 2.25. The minimum atomic E-state index is -3.12. The molecule has 20 heavy (non-hydrogen) atoms. The van der Waals surface area contributed by atoms with Gasteiger partial charge in [0.25, 0.3) is 0 Å². The fourth-order valence-electron chi connectivity index (χ4n) is 2.21. The molecular weight excluding hydrogens is 294 g/mol. The molecule has 0 bridgehead atoms. The summed E-state index contributed by atoms with van der Waals surface area (Å²) in [7, 11) is -3.12. The van der Waals surface area contributed by atoms with Gasteiger partial charge in [-0.25, -0.2) is 8.42 Å². The first-order chi connectivity index (χ1) is 9.18. The van der Waals surface area contributed by atoms with E-state index in [2.05, 4.69) is 12.2 Å². The Kier molecular flexibility index (Phi) is 6.05. The maximum Gasteiger partial charge on any atom is 0.151 e. The van der Waals surface area contributed by atoms with Crippen molar-refractivity contribution < 1.29 is 8.42 Å². The summed E-state index contributed by atoms with van der Waals surface area (Å²) in [6.45, 7) is 8.51. The molecule has 0 aliphatic rings. The summed E-state index contributed by atoms with van der Waals surface area (Å²) >= 11 is 6.13. The first kappa shape index (κ1) is 17.5. The van der Waals surface area contributed by atoms with Crippen LogP contribution in [-0.2, 0) is 9.84 Å². The maximum atomic E-state index is 11.9. The van der Waals surface area contributed by atoms with Gasteiger partial charge >= 0.3 is 0 Å². The minimum Gasteiger partial charge on any atom is -0.309 e. The molecule has 1 aromatic rings. The van der Waals surface area contributed by atoms with E-state index >= 15 is 0 Å². The number of halogens is 1. The van der Waals surface area contributed by atoms with Gasteiger partial charge in [-0.3, -0.25) is 0 Å². The van der Waals surface area contributed by atoms with Gasteiger partial charge in [0.1, 0.15) is 0 Å². The molecule has 0 heterocycles. The van der Waals surface area contributed by atoms with Crippen molar-refractivity contribution in [3.05, 3.63) is 33.8 Å². The lowest BCUT2D eigenvalue weighted by atomic mass is 9.96. The van der Waals surface area contributed by atoms with Crippen LogP contribution in [0.5, 0.6) is 0 Å².